The van der Waals surface area contributed by atoms with E-state index in [9.17, 15) is 0 Å². The van der Waals surface area contributed by atoms with Crippen LogP contribution in [0.3, 0.4) is 0 Å². The van der Waals surface area contributed by atoms with Gasteiger partial charge in [-0.15, -0.1) is 0 Å². The Morgan fingerprint density at radius 3 is 2.57 bits per heavy atom. The molecule has 2 heteroatoms. The molecule has 14 heavy (non-hydrogen) atoms. The largest absolute Gasteiger partial charge is 0.491 e. The van der Waals surface area contributed by atoms with Crippen LogP contribution in [-0.2, 0) is 11.3 Å². The van der Waals surface area contributed by atoms with Gasteiger partial charge < -0.3 is 9.30 Å². The van der Waals surface area contributed by atoms with Crippen LogP contribution >= 0.6 is 0 Å². The van der Waals surface area contributed by atoms with Gasteiger partial charge in [0.2, 0.25) is 0 Å². The first-order chi connectivity index (χ1) is 6.38. The zero-order chi connectivity index (χ0) is 10.8. The van der Waals surface area contributed by atoms with Gasteiger partial charge in [-0.2, -0.15) is 0 Å². The second kappa shape index (κ2) is 3.91. The minimum atomic E-state index is -0.155. The molecule has 78 valence electrons. The van der Waals surface area contributed by atoms with E-state index >= 15 is 0 Å². The molecular weight excluding hydrogens is 174 g/mol. The van der Waals surface area contributed by atoms with E-state index in [1.165, 1.54) is 5.69 Å². The van der Waals surface area contributed by atoms with Crippen molar-refractivity contribution in [2.24, 2.45) is 0 Å². The molecule has 0 N–H and O–H groups in total. The van der Waals surface area contributed by atoms with Crippen molar-refractivity contribution in [1.29, 1.82) is 0 Å². The Bertz CT molecular complexity index is 317. The first kappa shape index (κ1) is 10.9. The molecule has 0 saturated heterocycles. The second-order valence-corrected chi connectivity index (χ2v) is 4.53. The highest BCUT2D eigenvalue weighted by Gasteiger charge is 2.12. The molecule has 0 saturated carbocycles. The van der Waals surface area contributed by atoms with Crippen molar-refractivity contribution in [1.82, 2.24) is 4.57 Å². The first-order valence-corrected chi connectivity index (χ1v) is 4.87. The number of aromatic nitrogens is 1. The lowest BCUT2D eigenvalue weighted by atomic mass is 10.2. The van der Waals surface area contributed by atoms with Gasteiger partial charge in [-0.3, -0.25) is 0 Å². The van der Waals surface area contributed by atoms with Crippen molar-refractivity contribution in [2.75, 3.05) is 0 Å². The third-order valence-corrected chi connectivity index (χ3v) is 1.85. The maximum atomic E-state index is 5.65. The van der Waals surface area contributed by atoms with Crippen LogP contribution in [0.4, 0.5) is 0 Å². The van der Waals surface area contributed by atoms with Gasteiger partial charge in [0.1, 0.15) is 11.4 Å². The van der Waals surface area contributed by atoms with Crippen LogP contribution in [0.1, 0.15) is 26.5 Å². The molecule has 0 aromatic carbocycles. The van der Waals surface area contributed by atoms with Gasteiger partial charge in [-0.1, -0.05) is 6.58 Å². The van der Waals surface area contributed by atoms with Gasteiger partial charge >= 0.3 is 0 Å². The monoisotopic (exact) mass is 193 g/mol. The van der Waals surface area contributed by atoms with Gasteiger partial charge in [-0.05, 0) is 39.8 Å². The maximum absolute atomic E-state index is 5.65. The molecule has 2 nitrogen and oxygen atoms in total. The van der Waals surface area contributed by atoms with Gasteiger partial charge in [-0.25, -0.2) is 0 Å². The van der Waals surface area contributed by atoms with Crippen molar-refractivity contribution < 1.29 is 4.74 Å². The fourth-order valence-corrected chi connectivity index (χ4v) is 1.33. The number of ether oxygens (including phenoxy) is 1. The molecule has 0 aliphatic heterocycles. The van der Waals surface area contributed by atoms with Gasteiger partial charge in [0.05, 0.1) is 6.54 Å². The lowest BCUT2D eigenvalue weighted by molar-refractivity contribution is 0.0457. The molecule has 0 radical (unpaired) electrons. The average molecular weight is 193 g/mol. The highest BCUT2D eigenvalue weighted by molar-refractivity contribution is 5.06. The molecule has 0 amide bonds. The van der Waals surface area contributed by atoms with E-state index in [-0.39, 0.29) is 5.60 Å². The highest BCUT2D eigenvalue weighted by Crippen LogP contribution is 2.14. The van der Waals surface area contributed by atoms with E-state index in [4.69, 9.17) is 4.74 Å². The van der Waals surface area contributed by atoms with Crippen LogP contribution in [0, 0.1) is 6.92 Å². The van der Waals surface area contributed by atoms with E-state index < -0.39 is 0 Å². The Kier molecular flexibility index (Phi) is 3.04. The molecule has 1 heterocycles. The molecule has 0 unspecified atom stereocenters. The summed E-state index contributed by atoms with van der Waals surface area (Å²) < 4.78 is 7.77. The third kappa shape index (κ3) is 3.29. The summed E-state index contributed by atoms with van der Waals surface area (Å²) >= 11 is 0. The lowest BCUT2D eigenvalue weighted by Gasteiger charge is -2.23. The molecule has 0 atom stereocenters. The Labute approximate surface area is 86.2 Å². The van der Waals surface area contributed by atoms with Gasteiger partial charge in [0, 0.05) is 11.9 Å². The van der Waals surface area contributed by atoms with Crippen molar-refractivity contribution in [3.63, 3.8) is 0 Å². The molecule has 1 aromatic rings. The van der Waals surface area contributed by atoms with Crippen LogP contribution in [-0.4, -0.2) is 10.2 Å². The zero-order valence-electron chi connectivity index (χ0n) is 9.50. The van der Waals surface area contributed by atoms with E-state index in [1.807, 2.05) is 33.0 Å². The molecule has 0 spiro atoms. The SMILES string of the molecule is C=C(Cn1cccc1C)OC(C)(C)C. The summed E-state index contributed by atoms with van der Waals surface area (Å²) in [5, 5.41) is 0. The predicted molar refractivity (Wildman–Crippen MR) is 59.1 cm³/mol. The Morgan fingerprint density at radius 1 is 1.50 bits per heavy atom. The van der Waals surface area contributed by atoms with Crippen molar-refractivity contribution in [2.45, 2.75) is 39.8 Å². The molecule has 1 rings (SSSR count). The normalized spacial score (nSPS) is 11.4. The molecule has 0 aliphatic rings. The summed E-state index contributed by atoms with van der Waals surface area (Å²) in [4.78, 5) is 0. The quantitative estimate of drug-likeness (QED) is 0.673. The number of nitrogens with zero attached hydrogens (tertiary/aromatic N) is 1. The second-order valence-electron chi connectivity index (χ2n) is 4.53. The van der Waals surface area contributed by atoms with Crippen molar-refractivity contribution >= 4 is 0 Å². The lowest BCUT2D eigenvalue weighted by Crippen LogP contribution is -2.20. The predicted octanol–water partition coefficient (Wildman–Crippen LogP) is 3.13. The Morgan fingerprint density at radius 2 is 2.14 bits per heavy atom. The zero-order valence-corrected chi connectivity index (χ0v) is 9.50. The highest BCUT2D eigenvalue weighted by atomic mass is 16.5. The van der Waals surface area contributed by atoms with E-state index in [1.54, 1.807) is 0 Å². The number of allylic oxidation sites excluding steroid dienone is 1. The van der Waals surface area contributed by atoms with Crippen LogP contribution in [0.5, 0.6) is 0 Å². The fraction of sp³-hybridized carbons (Fsp3) is 0.500. The van der Waals surface area contributed by atoms with Crippen LogP contribution < -0.4 is 0 Å². The summed E-state index contributed by atoms with van der Waals surface area (Å²) in [6.45, 7) is 12.8. The summed E-state index contributed by atoms with van der Waals surface area (Å²) in [5.74, 6) is 0.803. The standard InChI is InChI=1S/C12H19NO/c1-10-7-6-8-13(10)9-11(2)14-12(3,4)5/h6-8H,2,9H2,1,3-5H3. The first-order valence-electron chi connectivity index (χ1n) is 4.87. The number of aryl methyl sites for hydroxylation is 1. The Balaban J connectivity index is 2.54. The van der Waals surface area contributed by atoms with Gasteiger partial charge in [0.15, 0.2) is 0 Å². The summed E-state index contributed by atoms with van der Waals surface area (Å²) in [5.41, 5.74) is 1.07. The maximum Gasteiger partial charge on any atom is 0.109 e. The van der Waals surface area contributed by atoms with Gasteiger partial charge in [0.25, 0.3) is 0 Å². The number of hydrogen-bond acceptors (Lipinski definition) is 1. The van der Waals surface area contributed by atoms with Crippen molar-refractivity contribution in [3.8, 4) is 0 Å². The summed E-state index contributed by atoms with van der Waals surface area (Å²) in [6, 6.07) is 4.10. The van der Waals surface area contributed by atoms with E-state index in [2.05, 4.69) is 24.1 Å². The summed E-state index contributed by atoms with van der Waals surface area (Å²) in [7, 11) is 0. The minimum absolute atomic E-state index is 0.155. The molecule has 0 fully saturated rings. The third-order valence-electron chi connectivity index (χ3n) is 1.85. The molecule has 1 aromatic heterocycles. The smallest absolute Gasteiger partial charge is 0.109 e. The molecule has 0 bridgehead atoms. The fourth-order valence-electron chi connectivity index (χ4n) is 1.33. The number of rotatable bonds is 3. The van der Waals surface area contributed by atoms with E-state index in [0.29, 0.717) is 0 Å². The van der Waals surface area contributed by atoms with Crippen LogP contribution in [0.15, 0.2) is 30.7 Å². The van der Waals surface area contributed by atoms with E-state index in [0.717, 1.165) is 12.3 Å². The topological polar surface area (TPSA) is 14.2 Å². The number of hydrogen-bond donors (Lipinski definition) is 0. The summed E-state index contributed by atoms with van der Waals surface area (Å²) in [6.07, 6.45) is 2.03. The molecular formula is C12H19NO. The molecule has 0 aliphatic carbocycles. The van der Waals surface area contributed by atoms with Crippen LogP contribution in [0.25, 0.3) is 0 Å². The van der Waals surface area contributed by atoms with Crippen LogP contribution in [0.2, 0.25) is 0 Å². The average Bonchev–Trinajstić information content (AvgIpc) is 2.32. The van der Waals surface area contributed by atoms with Crippen molar-refractivity contribution in [3.05, 3.63) is 36.4 Å². The minimum Gasteiger partial charge on any atom is -0.491 e. The Hall–Kier alpha value is -1.18.